The lowest BCUT2D eigenvalue weighted by Gasteiger charge is -1.99. The molecule has 3 N–H and O–H groups in total. The van der Waals surface area contributed by atoms with Gasteiger partial charge in [-0.1, -0.05) is 7.92 Å². The quantitative estimate of drug-likeness (QED) is 0.416. The van der Waals surface area contributed by atoms with Gasteiger partial charge in [0, 0.05) is 11.0 Å². The van der Waals surface area contributed by atoms with Crippen molar-refractivity contribution in [3.05, 3.63) is 0 Å². The van der Waals surface area contributed by atoms with Gasteiger partial charge in [-0.2, -0.15) is 25.3 Å². The van der Waals surface area contributed by atoms with E-state index >= 15 is 0 Å². The van der Waals surface area contributed by atoms with Gasteiger partial charge >= 0.3 is 0 Å². The fraction of sp³-hybridized carbons (Fsp3) is 1.00. The second kappa shape index (κ2) is 7.09. The van der Waals surface area contributed by atoms with Gasteiger partial charge in [-0.25, -0.2) is 0 Å². The molecule has 46 valence electrons. The van der Waals surface area contributed by atoms with Crippen molar-refractivity contribution in [3.63, 3.8) is 0 Å². The van der Waals surface area contributed by atoms with Crippen molar-refractivity contribution in [1.29, 1.82) is 0 Å². The maximum absolute atomic E-state index is 4.08. The standard InChI is InChI=1S/C3H9PS2.H3N/c1-4(2-5)3-6;/h5-6H,2-3H2,1H3;1H3. The highest BCUT2D eigenvalue weighted by atomic mass is 32.1. The molecule has 0 heterocycles. The summed E-state index contributed by atoms with van der Waals surface area (Å²) in [5.41, 5.74) is 2.03. The van der Waals surface area contributed by atoms with Crippen LogP contribution >= 0.6 is 33.2 Å². The molecule has 4 heteroatoms. The SMILES string of the molecule is CP(CS)CS.N. The Hall–Kier alpha value is 1.09. The number of hydrogen-bond acceptors (Lipinski definition) is 3. The molecule has 0 aliphatic carbocycles. The average molecular weight is 157 g/mol. The van der Waals surface area contributed by atoms with Crippen molar-refractivity contribution in [1.82, 2.24) is 6.15 Å². The lowest BCUT2D eigenvalue weighted by molar-refractivity contribution is 2.01. The van der Waals surface area contributed by atoms with Crippen molar-refractivity contribution in [2.75, 3.05) is 17.7 Å². The smallest absolute Gasteiger partial charge is 0.0111 e. The van der Waals surface area contributed by atoms with Gasteiger partial charge in [0.1, 0.15) is 0 Å². The molecule has 0 saturated carbocycles. The first-order valence-corrected chi connectivity index (χ1v) is 5.14. The summed E-state index contributed by atoms with van der Waals surface area (Å²) in [5.74, 6) is 0. The predicted molar refractivity (Wildman–Crippen MR) is 45.6 cm³/mol. The summed E-state index contributed by atoms with van der Waals surface area (Å²) in [7, 11) is 0.152. The van der Waals surface area contributed by atoms with Crippen LogP contribution in [0.5, 0.6) is 0 Å². The summed E-state index contributed by atoms with van der Waals surface area (Å²) in [4.78, 5) is 0. The minimum atomic E-state index is 0. The molecule has 0 atom stereocenters. The largest absolute Gasteiger partial charge is 0.344 e. The Morgan fingerprint density at radius 1 is 1.29 bits per heavy atom. The molecule has 0 aromatic heterocycles. The Labute approximate surface area is 57.4 Å². The van der Waals surface area contributed by atoms with E-state index in [1.165, 1.54) is 0 Å². The molecule has 0 bridgehead atoms. The van der Waals surface area contributed by atoms with Crippen molar-refractivity contribution in [2.24, 2.45) is 0 Å². The molecule has 0 aliphatic rings. The summed E-state index contributed by atoms with van der Waals surface area (Å²) >= 11 is 8.15. The molecule has 0 aromatic rings. The molecule has 1 nitrogen and oxygen atoms in total. The van der Waals surface area contributed by atoms with Crippen LogP contribution < -0.4 is 6.15 Å². The third-order valence-corrected chi connectivity index (χ3v) is 4.35. The topological polar surface area (TPSA) is 35.0 Å². The van der Waals surface area contributed by atoms with Crippen LogP contribution in [-0.2, 0) is 0 Å². The van der Waals surface area contributed by atoms with Gasteiger partial charge in [0.05, 0.1) is 0 Å². The van der Waals surface area contributed by atoms with Gasteiger partial charge < -0.3 is 6.15 Å². The normalized spacial score (nSPS) is 8.57. The maximum atomic E-state index is 4.08. The molecule has 0 saturated heterocycles. The molecule has 0 fully saturated rings. The summed E-state index contributed by atoms with van der Waals surface area (Å²) < 4.78 is 0. The molecule has 7 heavy (non-hydrogen) atoms. The lowest BCUT2D eigenvalue weighted by Crippen LogP contribution is -1.69. The Morgan fingerprint density at radius 2 is 1.57 bits per heavy atom. The van der Waals surface area contributed by atoms with Crippen LogP contribution in [0, 0.1) is 0 Å². The van der Waals surface area contributed by atoms with Gasteiger partial charge in [-0.15, -0.1) is 0 Å². The minimum absolute atomic E-state index is 0. The first-order valence-electron chi connectivity index (χ1n) is 1.71. The molecule has 0 amide bonds. The zero-order valence-corrected chi connectivity index (χ0v) is 7.15. The van der Waals surface area contributed by atoms with Gasteiger partial charge in [-0.05, 0) is 6.66 Å². The van der Waals surface area contributed by atoms with Crippen LogP contribution in [0.4, 0.5) is 0 Å². The minimum Gasteiger partial charge on any atom is -0.344 e. The highest BCUT2D eigenvalue weighted by Gasteiger charge is 1.88. The van der Waals surface area contributed by atoms with E-state index in [-0.39, 0.29) is 14.1 Å². The predicted octanol–water partition coefficient (Wildman–Crippen LogP) is 2.03. The van der Waals surface area contributed by atoms with E-state index in [0.717, 1.165) is 11.0 Å². The van der Waals surface area contributed by atoms with E-state index in [1.807, 2.05) is 0 Å². The van der Waals surface area contributed by atoms with Crippen LogP contribution in [0.15, 0.2) is 0 Å². The molecule has 0 aromatic carbocycles. The summed E-state index contributed by atoms with van der Waals surface area (Å²) in [6.07, 6.45) is 0. The first kappa shape index (κ1) is 11.0. The lowest BCUT2D eigenvalue weighted by atomic mass is 11.8. The molecular weight excluding hydrogens is 145 g/mol. The number of thiol groups is 2. The zero-order chi connectivity index (χ0) is 4.99. The van der Waals surface area contributed by atoms with Crippen LogP contribution in [0.2, 0.25) is 0 Å². The highest BCUT2D eigenvalue weighted by Crippen LogP contribution is 2.31. The van der Waals surface area contributed by atoms with Crippen molar-refractivity contribution < 1.29 is 0 Å². The average Bonchev–Trinajstić information content (AvgIpc) is 1.65. The van der Waals surface area contributed by atoms with E-state index in [2.05, 4.69) is 31.9 Å². The van der Waals surface area contributed by atoms with Crippen LogP contribution in [0.3, 0.4) is 0 Å². The Balaban J connectivity index is 0. The van der Waals surface area contributed by atoms with Crippen LogP contribution in [0.25, 0.3) is 0 Å². The van der Waals surface area contributed by atoms with E-state index in [9.17, 15) is 0 Å². The van der Waals surface area contributed by atoms with Crippen LogP contribution in [-0.4, -0.2) is 17.7 Å². The third kappa shape index (κ3) is 7.09. The van der Waals surface area contributed by atoms with E-state index in [4.69, 9.17) is 0 Å². The third-order valence-electron chi connectivity index (χ3n) is 0.483. The molecule has 0 radical (unpaired) electrons. The maximum Gasteiger partial charge on any atom is 0.0111 e. The van der Waals surface area contributed by atoms with Gasteiger partial charge in [0.25, 0.3) is 0 Å². The first-order chi connectivity index (χ1) is 2.81. The van der Waals surface area contributed by atoms with Crippen molar-refractivity contribution >= 4 is 33.2 Å². The van der Waals surface area contributed by atoms with Gasteiger partial charge in [0.15, 0.2) is 0 Å². The molecule has 0 aliphatic heterocycles. The second-order valence-electron chi connectivity index (χ2n) is 1.14. The Bertz CT molecular complexity index is 32.1. The fourth-order valence-corrected chi connectivity index (χ4v) is 1.21. The summed E-state index contributed by atoms with van der Waals surface area (Å²) in [6.45, 7) is 2.19. The second-order valence-corrected chi connectivity index (χ2v) is 5.11. The van der Waals surface area contributed by atoms with Gasteiger partial charge in [0.2, 0.25) is 0 Å². The molecule has 0 unspecified atom stereocenters. The number of hydrogen-bond donors (Lipinski definition) is 3. The molecule has 0 rings (SSSR count). The summed E-state index contributed by atoms with van der Waals surface area (Å²) in [5, 5.41) is 0. The van der Waals surface area contributed by atoms with E-state index in [0.29, 0.717) is 0 Å². The van der Waals surface area contributed by atoms with E-state index < -0.39 is 0 Å². The van der Waals surface area contributed by atoms with E-state index in [1.54, 1.807) is 0 Å². The summed E-state index contributed by atoms with van der Waals surface area (Å²) in [6, 6.07) is 0. The Kier molecular flexibility index (Phi) is 11.1. The molecular formula is C3H12NPS2. The van der Waals surface area contributed by atoms with Crippen LogP contribution in [0.1, 0.15) is 0 Å². The zero-order valence-electron chi connectivity index (χ0n) is 4.46. The molecule has 0 spiro atoms. The van der Waals surface area contributed by atoms with Gasteiger partial charge in [-0.3, -0.25) is 0 Å². The number of rotatable bonds is 2. The van der Waals surface area contributed by atoms with Crippen molar-refractivity contribution in [3.8, 4) is 0 Å². The highest BCUT2D eigenvalue weighted by molar-refractivity contribution is 7.95. The monoisotopic (exact) mass is 157 g/mol. The Morgan fingerprint density at radius 3 is 1.57 bits per heavy atom. The fourth-order valence-electron chi connectivity index (χ4n) is 0.0447. The van der Waals surface area contributed by atoms with Crippen molar-refractivity contribution in [2.45, 2.75) is 0 Å².